The molecule has 1 aromatic carbocycles. The van der Waals surface area contributed by atoms with Gasteiger partial charge in [-0.3, -0.25) is 29.0 Å². The topological polar surface area (TPSA) is 108 Å². The summed E-state index contributed by atoms with van der Waals surface area (Å²) >= 11 is 0. The van der Waals surface area contributed by atoms with Gasteiger partial charge >= 0.3 is 6.09 Å². The van der Waals surface area contributed by atoms with Crippen LogP contribution in [0.3, 0.4) is 0 Å². The lowest BCUT2D eigenvalue weighted by molar-refractivity contribution is -0.149. The lowest BCUT2D eigenvalue weighted by Gasteiger charge is -2.37. The van der Waals surface area contributed by atoms with Gasteiger partial charge in [-0.2, -0.15) is 0 Å². The first-order valence-electron chi connectivity index (χ1n) is 11.0. The van der Waals surface area contributed by atoms with E-state index in [9.17, 15) is 24.0 Å². The summed E-state index contributed by atoms with van der Waals surface area (Å²) in [6.45, 7) is 7.21. The van der Waals surface area contributed by atoms with Crippen LogP contribution in [0.1, 0.15) is 54.3 Å². The average molecular weight is 456 g/mol. The number of fused-ring (bicyclic) bond motifs is 1. The summed E-state index contributed by atoms with van der Waals surface area (Å²) in [6.07, 6.45) is -0.163. The van der Waals surface area contributed by atoms with Crippen molar-refractivity contribution in [1.82, 2.24) is 14.7 Å². The van der Waals surface area contributed by atoms with Crippen molar-refractivity contribution < 1.29 is 28.7 Å². The molecule has 0 saturated carbocycles. The van der Waals surface area contributed by atoms with Gasteiger partial charge in [0.25, 0.3) is 17.7 Å². The van der Waals surface area contributed by atoms with Crippen LogP contribution in [0.5, 0.6) is 0 Å². The lowest BCUT2D eigenvalue weighted by Crippen LogP contribution is -2.54. The van der Waals surface area contributed by atoms with Gasteiger partial charge in [0, 0.05) is 39.6 Å². The first-order valence-corrected chi connectivity index (χ1v) is 11.0. The first kappa shape index (κ1) is 22.8. The molecular weight excluding hydrogens is 428 g/mol. The summed E-state index contributed by atoms with van der Waals surface area (Å²) < 4.78 is 5.43. The number of hydrogen-bond acceptors (Lipinski definition) is 7. The van der Waals surface area contributed by atoms with Crippen LogP contribution in [0.4, 0.5) is 10.5 Å². The van der Waals surface area contributed by atoms with Crippen LogP contribution in [0.15, 0.2) is 18.2 Å². The van der Waals surface area contributed by atoms with E-state index in [2.05, 4.69) is 0 Å². The van der Waals surface area contributed by atoms with Crippen LogP contribution in [-0.4, -0.2) is 89.3 Å². The second-order valence-electron chi connectivity index (χ2n) is 9.48. The smallest absolute Gasteiger partial charge is 0.410 e. The fourth-order valence-electron chi connectivity index (χ4n) is 4.43. The maximum atomic E-state index is 13.4. The number of piperidine rings is 1. The standard InChI is InChI=1S/C23H28N4O6/c1-23(2,3)33-22(32)26-12-10-25(11-13-26)15-7-5-6-14-18(15)21(31)27(19(14)29)16-8-9-17(28)24(4)20(16)30/h5-7,16H,8-13H2,1-4H3. The Balaban J connectivity index is 1.54. The molecule has 176 valence electrons. The zero-order valence-corrected chi connectivity index (χ0v) is 19.3. The number of likely N-dealkylation sites (tertiary alicyclic amines) is 1. The first-order chi connectivity index (χ1) is 15.5. The molecule has 0 radical (unpaired) electrons. The van der Waals surface area contributed by atoms with Gasteiger partial charge < -0.3 is 14.5 Å². The zero-order valence-electron chi connectivity index (χ0n) is 19.3. The number of benzene rings is 1. The maximum Gasteiger partial charge on any atom is 0.410 e. The number of rotatable bonds is 2. The molecular formula is C23H28N4O6. The Morgan fingerprint density at radius 2 is 1.67 bits per heavy atom. The van der Waals surface area contributed by atoms with E-state index in [4.69, 9.17) is 4.74 Å². The van der Waals surface area contributed by atoms with Crippen LogP contribution in [0.2, 0.25) is 0 Å². The van der Waals surface area contributed by atoms with E-state index in [-0.39, 0.29) is 36.0 Å². The molecule has 1 aromatic rings. The van der Waals surface area contributed by atoms with Gasteiger partial charge in [0.2, 0.25) is 5.91 Å². The molecule has 3 aliphatic rings. The van der Waals surface area contributed by atoms with Crippen molar-refractivity contribution in [3.63, 3.8) is 0 Å². The summed E-state index contributed by atoms with van der Waals surface area (Å²) in [5, 5.41) is 0. The van der Waals surface area contributed by atoms with Crippen molar-refractivity contribution in [2.24, 2.45) is 0 Å². The number of carbonyl (C=O) groups is 5. The molecule has 3 aliphatic heterocycles. The second-order valence-corrected chi connectivity index (χ2v) is 9.48. The number of anilines is 1. The highest BCUT2D eigenvalue weighted by atomic mass is 16.6. The molecule has 5 amide bonds. The quantitative estimate of drug-likeness (QED) is 0.621. The summed E-state index contributed by atoms with van der Waals surface area (Å²) in [4.78, 5) is 68.9. The van der Waals surface area contributed by atoms with E-state index in [1.165, 1.54) is 7.05 Å². The highest BCUT2D eigenvalue weighted by Crippen LogP contribution is 2.35. The fourth-order valence-corrected chi connectivity index (χ4v) is 4.43. The molecule has 4 rings (SSSR count). The Morgan fingerprint density at radius 3 is 2.30 bits per heavy atom. The molecule has 0 spiro atoms. The molecule has 1 atom stereocenters. The molecule has 2 saturated heterocycles. The molecule has 33 heavy (non-hydrogen) atoms. The number of piperazine rings is 1. The highest BCUT2D eigenvalue weighted by molar-refractivity contribution is 6.25. The summed E-state index contributed by atoms with van der Waals surface area (Å²) in [5.41, 5.74) is 0.532. The normalized spacial score (nSPS) is 21.6. The molecule has 0 aliphatic carbocycles. The minimum absolute atomic E-state index is 0.0970. The SMILES string of the molecule is CN1C(=O)CCC(N2C(=O)c3cccc(N4CCN(C(=O)OC(C)(C)C)CC4)c3C2=O)C1=O. The molecule has 0 aromatic heterocycles. The maximum absolute atomic E-state index is 13.4. The molecule has 0 N–H and O–H groups in total. The monoisotopic (exact) mass is 456 g/mol. The van der Waals surface area contributed by atoms with Crippen molar-refractivity contribution in [2.75, 3.05) is 38.1 Å². The predicted molar refractivity (Wildman–Crippen MR) is 118 cm³/mol. The van der Waals surface area contributed by atoms with Gasteiger partial charge in [0.15, 0.2) is 0 Å². The third kappa shape index (κ3) is 4.05. The number of imide groups is 2. The molecule has 3 heterocycles. The van der Waals surface area contributed by atoms with Crippen molar-refractivity contribution in [3.8, 4) is 0 Å². The number of amides is 5. The highest BCUT2D eigenvalue weighted by Gasteiger charge is 2.47. The number of nitrogens with zero attached hydrogens (tertiary/aromatic N) is 4. The van der Waals surface area contributed by atoms with Crippen molar-refractivity contribution in [3.05, 3.63) is 29.3 Å². The number of likely N-dealkylation sites (N-methyl/N-ethyl adjacent to an activating group) is 1. The van der Waals surface area contributed by atoms with Crippen molar-refractivity contribution in [2.45, 2.75) is 45.3 Å². The van der Waals surface area contributed by atoms with E-state index in [0.717, 1.165) is 9.80 Å². The molecule has 1 unspecified atom stereocenters. The van der Waals surface area contributed by atoms with Crippen LogP contribution in [0, 0.1) is 0 Å². The lowest BCUT2D eigenvalue weighted by atomic mass is 10.0. The Morgan fingerprint density at radius 1 is 1.00 bits per heavy atom. The Hall–Kier alpha value is -3.43. The van der Waals surface area contributed by atoms with E-state index in [1.807, 2.05) is 25.7 Å². The van der Waals surface area contributed by atoms with Gasteiger partial charge in [-0.1, -0.05) is 6.07 Å². The van der Waals surface area contributed by atoms with Gasteiger partial charge in [-0.25, -0.2) is 4.79 Å². The Labute approximate surface area is 192 Å². The summed E-state index contributed by atoms with van der Waals surface area (Å²) in [5.74, 6) is -1.92. The van der Waals surface area contributed by atoms with Crippen LogP contribution < -0.4 is 4.90 Å². The molecule has 10 nitrogen and oxygen atoms in total. The van der Waals surface area contributed by atoms with Crippen molar-refractivity contribution in [1.29, 1.82) is 0 Å². The van der Waals surface area contributed by atoms with E-state index in [0.29, 0.717) is 31.9 Å². The third-order valence-corrected chi connectivity index (χ3v) is 6.13. The third-order valence-electron chi connectivity index (χ3n) is 6.13. The Bertz CT molecular complexity index is 1040. The van der Waals surface area contributed by atoms with E-state index < -0.39 is 29.4 Å². The van der Waals surface area contributed by atoms with Gasteiger partial charge in [0.05, 0.1) is 16.8 Å². The molecule has 0 bridgehead atoms. The number of carbonyl (C=O) groups excluding carboxylic acids is 5. The van der Waals surface area contributed by atoms with E-state index in [1.54, 1.807) is 23.1 Å². The van der Waals surface area contributed by atoms with E-state index >= 15 is 0 Å². The Kier molecular flexibility index (Phi) is 5.63. The van der Waals surface area contributed by atoms with Gasteiger partial charge in [-0.15, -0.1) is 0 Å². The minimum Gasteiger partial charge on any atom is -0.444 e. The second kappa shape index (κ2) is 8.17. The molecule has 2 fully saturated rings. The summed E-state index contributed by atoms with van der Waals surface area (Å²) in [6, 6.07) is 4.08. The van der Waals surface area contributed by atoms with Crippen LogP contribution in [0.25, 0.3) is 0 Å². The number of hydrogen-bond donors (Lipinski definition) is 0. The minimum atomic E-state index is -0.989. The zero-order chi connectivity index (χ0) is 24.1. The number of ether oxygens (including phenoxy) is 1. The average Bonchev–Trinajstić information content (AvgIpc) is 3.02. The van der Waals surface area contributed by atoms with Crippen LogP contribution in [-0.2, 0) is 14.3 Å². The van der Waals surface area contributed by atoms with Crippen LogP contribution >= 0.6 is 0 Å². The van der Waals surface area contributed by atoms with Gasteiger partial charge in [-0.05, 0) is 39.3 Å². The largest absolute Gasteiger partial charge is 0.444 e. The van der Waals surface area contributed by atoms with Gasteiger partial charge in [0.1, 0.15) is 11.6 Å². The fraction of sp³-hybridized carbons (Fsp3) is 0.522. The molecule has 10 heteroatoms. The van der Waals surface area contributed by atoms with Crippen molar-refractivity contribution >= 4 is 35.4 Å². The predicted octanol–water partition coefficient (Wildman–Crippen LogP) is 1.49. The summed E-state index contributed by atoms with van der Waals surface area (Å²) in [7, 11) is 1.37.